The molecule has 5 nitrogen and oxygen atoms in total. The van der Waals surface area contributed by atoms with E-state index in [2.05, 4.69) is 36.0 Å². The molecule has 1 N–H and O–H groups in total. The summed E-state index contributed by atoms with van der Waals surface area (Å²) in [6.07, 6.45) is 4.63. The topological polar surface area (TPSA) is 44.8 Å². The summed E-state index contributed by atoms with van der Waals surface area (Å²) < 4.78 is 5.87. The van der Waals surface area contributed by atoms with Crippen molar-refractivity contribution in [3.8, 4) is 0 Å². The van der Waals surface area contributed by atoms with Gasteiger partial charge >= 0.3 is 0 Å². The van der Waals surface area contributed by atoms with E-state index < -0.39 is 0 Å². The van der Waals surface area contributed by atoms with Crippen molar-refractivity contribution in [2.75, 3.05) is 33.3 Å². The van der Waals surface area contributed by atoms with Gasteiger partial charge in [0.25, 0.3) is 0 Å². The van der Waals surface area contributed by atoms with Gasteiger partial charge in [0, 0.05) is 19.6 Å². The molecule has 5 heteroatoms. The maximum absolute atomic E-state index is 13.0. The Morgan fingerprint density at radius 1 is 1.38 bits per heavy atom. The first-order chi connectivity index (χ1) is 10.0. The van der Waals surface area contributed by atoms with E-state index >= 15 is 0 Å². The third-order valence-electron chi connectivity index (χ3n) is 5.26. The van der Waals surface area contributed by atoms with Crippen molar-refractivity contribution in [1.82, 2.24) is 15.1 Å². The highest BCUT2D eigenvalue weighted by Gasteiger charge is 2.53. The van der Waals surface area contributed by atoms with E-state index in [-0.39, 0.29) is 17.8 Å². The van der Waals surface area contributed by atoms with Crippen molar-refractivity contribution in [3.63, 3.8) is 0 Å². The van der Waals surface area contributed by atoms with Crippen LogP contribution >= 0.6 is 0 Å². The Hall–Kier alpha value is -0.650. The molecule has 2 aliphatic heterocycles. The minimum Gasteiger partial charge on any atom is -0.374 e. The van der Waals surface area contributed by atoms with Gasteiger partial charge in [-0.1, -0.05) is 26.7 Å². The average Bonchev–Trinajstić information content (AvgIpc) is 3.00. The number of ether oxygens (including phenoxy) is 1. The number of carbonyl (C=O) groups is 1. The van der Waals surface area contributed by atoms with E-state index in [1.807, 2.05) is 0 Å². The molecule has 3 fully saturated rings. The fraction of sp³-hybridized carbons (Fsp3) is 0.938. The monoisotopic (exact) mass is 295 g/mol. The summed E-state index contributed by atoms with van der Waals surface area (Å²) in [4.78, 5) is 17.4. The maximum atomic E-state index is 13.0. The maximum Gasteiger partial charge on any atom is 0.244 e. The minimum atomic E-state index is -0.268. The summed E-state index contributed by atoms with van der Waals surface area (Å²) in [7, 11) is 2.12. The zero-order chi connectivity index (χ0) is 15.0. The van der Waals surface area contributed by atoms with E-state index in [0.29, 0.717) is 11.8 Å². The van der Waals surface area contributed by atoms with Crippen LogP contribution in [0, 0.1) is 5.92 Å². The Kier molecular flexibility index (Phi) is 4.26. The predicted molar refractivity (Wildman–Crippen MR) is 81.9 cm³/mol. The van der Waals surface area contributed by atoms with Crippen LogP contribution in [0.1, 0.15) is 39.5 Å². The predicted octanol–water partition coefficient (Wildman–Crippen LogP) is 1.04. The number of amides is 1. The van der Waals surface area contributed by atoms with Crippen LogP contribution in [-0.2, 0) is 9.53 Å². The smallest absolute Gasteiger partial charge is 0.244 e. The zero-order valence-electron chi connectivity index (χ0n) is 13.6. The second kappa shape index (κ2) is 5.86. The van der Waals surface area contributed by atoms with Crippen LogP contribution in [0.15, 0.2) is 0 Å². The lowest BCUT2D eigenvalue weighted by Crippen LogP contribution is -2.50. The van der Waals surface area contributed by atoms with Gasteiger partial charge in [0.2, 0.25) is 5.91 Å². The van der Waals surface area contributed by atoms with Gasteiger partial charge in [0.15, 0.2) is 0 Å². The third kappa shape index (κ3) is 2.83. The molecule has 2 unspecified atom stereocenters. The molecule has 2 saturated heterocycles. The molecular weight excluding hydrogens is 266 g/mol. The minimum absolute atomic E-state index is 0.146. The molecule has 0 aromatic heterocycles. The Morgan fingerprint density at radius 3 is 2.71 bits per heavy atom. The van der Waals surface area contributed by atoms with Crippen molar-refractivity contribution < 1.29 is 9.53 Å². The molecule has 3 rings (SSSR count). The number of nitrogens with zero attached hydrogens (tertiary/aromatic N) is 2. The summed E-state index contributed by atoms with van der Waals surface area (Å²) >= 11 is 0. The highest BCUT2D eigenvalue weighted by molar-refractivity contribution is 5.89. The van der Waals surface area contributed by atoms with Crippen LogP contribution in [0.4, 0.5) is 0 Å². The molecule has 0 aromatic rings. The first-order valence-corrected chi connectivity index (χ1v) is 8.41. The summed E-state index contributed by atoms with van der Waals surface area (Å²) in [6.45, 7) is 7.79. The van der Waals surface area contributed by atoms with Crippen LogP contribution < -0.4 is 5.32 Å². The molecule has 1 spiro atoms. The molecule has 1 amide bonds. The first-order valence-electron chi connectivity index (χ1n) is 8.41. The number of hydrogen-bond acceptors (Lipinski definition) is 4. The second-order valence-corrected chi connectivity index (χ2v) is 7.33. The standard InChI is InChI=1S/C16H29N3O2/c1-12(2)14-17-16(6-4-5-7-16)15(20)19(14)11-13-10-18(3)8-9-21-13/h12-14,17H,4-11H2,1-3H3. The largest absolute Gasteiger partial charge is 0.374 e. The molecule has 3 aliphatic rings. The Balaban J connectivity index is 1.73. The van der Waals surface area contributed by atoms with Crippen LogP contribution in [0.25, 0.3) is 0 Å². The highest BCUT2D eigenvalue weighted by atomic mass is 16.5. The molecule has 21 heavy (non-hydrogen) atoms. The van der Waals surface area contributed by atoms with Gasteiger partial charge in [-0.3, -0.25) is 10.1 Å². The number of morpholine rings is 1. The summed E-state index contributed by atoms with van der Waals surface area (Å²) in [5.74, 6) is 0.741. The van der Waals surface area contributed by atoms with Gasteiger partial charge in [-0.05, 0) is 25.8 Å². The zero-order valence-corrected chi connectivity index (χ0v) is 13.6. The quantitative estimate of drug-likeness (QED) is 0.845. The summed E-state index contributed by atoms with van der Waals surface area (Å²) in [6, 6.07) is 0. The van der Waals surface area contributed by atoms with E-state index in [0.717, 1.165) is 39.1 Å². The number of nitrogens with one attached hydrogen (secondary N) is 1. The van der Waals surface area contributed by atoms with E-state index in [1.165, 1.54) is 12.8 Å². The fourth-order valence-corrected chi connectivity index (χ4v) is 4.08. The van der Waals surface area contributed by atoms with Crippen LogP contribution in [0.5, 0.6) is 0 Å². The number of carbonyl (C=O) groups excluding carboxylic acids is 1. The van der Waals surface area contributed by atoms with E-state index in [1.54, 1.807) is 0 Å². The molecular formula is C16H29N3O2. The lowest BCUT2D eigenvalue weighted by atomic mass is 9.98. The van der Waals surface area contributed by atoms with Crippen molar-refractivity contribution in [2.45, 2.75) is 57.3 Å². The Labute approximate surface area is 128 Å². The van der Waals surface area contributed by atoms with Crippen molar-refractivity contribution in [2.24, 2.45) is 5.92 Å². The molecule has 0 bridgehead atoms. The van der Waals surface area contributed by atoms with E-state index in [9.17, 15) is 4.79 Å². The van der Waals surface area contributed by atoms with Gasteiger partial charge in [-0.15, -0.1) is 0 Å². The molecule has 1 aliphatic carbocycles. The van der Waals surface area contributed by atoms with Crippen LogP contribution in [-0.4, -0.2) is 66.8 Å². The second-order valence-electron chi connectivity index (χ2n) is 7.33. The molecule has 120 valence electrons. The first kappa shape index (κ1) is 15.3. The van der Waals surface area contributed by atoms with Gasteiger partial charge in [0.05, 0.1) is 24.4 Å². The number of likely N-dealkylation sites (N-methyl/N-ethyl adjacent to an activating group) is 1. The van der Waals surface area contributed by atoms with Crippen molar-refractivity contribution in [3.05, 3.63) is 0 Å². The lowest BCUT2D eigenvalue weighted by Gasteiger charge is -2.35. The van der Waals surface area contributed by atoms with Crippen LogP contribution in [0.2, 0.25) is 0 Å². The van der Waals surface area contributed by atoms with Crippen LogP contribution in [0.3, 0.4) is 0 Å². The van der Waals surface area contributed by atoms with Gasteiger partial charge in [-0.2, -0.15) is 0 Å². The molecule has 0 aromatic carbocycles. The number of hydrogen-bond donors (Lipinski definition) is 1. The van der Waals surface area contributed by atoms with Crippen molar-refractivity contribution in [1.29, 1.82) is 0 Å². The number of rotatable bonds is 3. The summed E-state index contributed by atoms with van der Waals surface area (Å²) in [5, 5.41) is 3.67. The van der Waals surface area contributed by atoms with E-state index in [4.69, 9.17) is 4.74 Å². The molecule has 1 saturated carbocycles. The fourth-order valence-electron chi connectivity index (χ4n) is 4.08. The van der Waals surface area contributed by atoms with Gasteiger partial charge in [0.1, 0.15) is 0 Å². The van der Waals surface area contributed by atoms with Gasteiger partial charge in [-0.25, -0.2) is 0 Å². The third-order valence-corrected chi connectivity index (χ3v) is 5.26. The SMILES string of the molecule is CC(C)C1NC2(CCCC2)C(=O)N1CC1CN(C)CCO1. The molecule has 2 heterocycles. The highest BCUT2D eigenvalue weighted by Crippen LogP contribution is 2.38. The lowest BCUT2D eigenvalue weighted by molar-refractivity contribution is -0.136. The summed E-state index contributed by atoms with van der Waals surface area (Å²) in [5.41, 5.74) is -0.268. The Morgan fingerprint density at radius 2 is 2.10 bits per heavy atom. The Bertz CT molecular complexity index is 393. The average molecular weight is 295 g/mol. The molecule has 0 radical (unpaired) electrons. The van der Waals surface area contributed by atoms with Crippen molar-refractivity contribution >= 4 is 5.91 Å². The normalized spacial score (nSPS) is 33.5. The molecule has 2 atom stereocenters. The van der Waals surface area contributed by atoms with Gasteiger partial charge < -0.3 is 14.5 Å².